The molecule has 3 aromatic rings. The number of nitrogens with zero attached hydrogens (tertiary/aromatic N) is 1. The van der Waals surface area contributed by atoms with Crippen LogP contribution in [0.15, 0.2) is 47.4 Å². The number of fused-ring (bicyclic) bond motifs is 1. The molecule has 0 saturated heterocycles. The molecule has 1 atom stereocenters. The van der Waals surface area contributed by atoms with E-state index in [9.17, 15) is 4.79 Å². The van der Waals surface area contributed by atoms with Crippen molar-refractivity contribution >= 4 is 40.2 Å². The minimum absolute atomic E-state index is 0.387. The predicted octanol–water partition coefficient (Wildman–Crippen LogP) is 5.23. The number of thioether (sulfide) groups is 1. The third-order valence-corrected chi connectivity index (χ3v) is 5.60. The van der Waals surface area contributed by atoms with Gasteiger partial charge in [0, 0.05) is 28.0 Å². The van der Waals surface area contributed by atoms with Gasteiger partial charge in [0.05, 0.1) is 5.02 Å². The Morgan fingerprint density at radius 1 is 1.31 bits per heavy atom. The average Bonchev–Trinajstić information content (AvgIpc) is 2.89. The number of ether oxygens (including phenoxy) is 1. The number of hydrogen-bond acceptors (Lipinski definition) is 3. The van der Waals surface area contributed by atoms with E-state index in [1.165, 1.54) is 28.4 Å². The van der Waals surface area contributed by atoms with E-state index in [2.05, 4.69) is 29.9 Å². The highest BCUT2D eigenvalue weighted by Gasteiger charge is 2.16. The third-order valence-electron chi connectivity index (χ3n) is 4.36. The first-order valence-electron chi connectivity index (χ1n) is 8.22. The van der Waals surface area contributed by atoms with E-state index in [4.69, 9.17) is 21.4 Å². The normalized spacial score (nSPS) is 12.3. The van der Waals surface area contributed by atoms with Gasteiger partial charge in [-0.3, -0.25) is 0 Å². The molecule has 0 spiro atoms. The highest BCUT2D eigenvalue weighted by molar-refractivity contribution is 7.98. The summed E-state index contributed by atoms with van der Waals surface area (Å²) in [7, 11) is 0. The first-order valence-corrected chi connectivity index (χ1v) is 9.82. The molecule has 4 nitrogen and oxygen atoms in total. The summed E-state index contributed by atoms with van der Waals surface area (Å²) < 4.78 is 7.74. The molecule has 0 aliphatic heterocycles. The Morgan fingerprint density at radius 3 is 2.73 bits per heavy atom. The van der Waals surface area contributed by atoms with Gasteiger partial charge in [-0.15, -0.1) is 11.8 Å². The Morgan fingerprint density at radius 2 is 2.04 bits per heavy atom. The number of aromatic nitrogens is 1. The quantitative estimate of drug-likeness (QED) is 0.587. The van der Waals surface area contributed by atoms with Crippen LogP contribution in [0.4, 0.5) is 0 Å². The van der Waals surface area contributed by atoms with Crippen molar-refractivity contribution in [3.05, 3.63) is 58.7 Å². The predicted molar refractivity (Wildman–Crippen MR) is 107 cm³/mol. The number of aliphatic carboxylic acids is 1. The van der Waals surface area contributed by atoms with E-state index in [0.29, 0.717) is 17.3 Å². The Hall–Kier alpha value is -2.11. The molecule has 26 heavy (non-hydrogen) atoms. The summed E-state index contributed by atoms with van der Waals surface area (Å²) in [4.78, 5) is 12.3. The second-order valence-corrected chi connectivity index (χ2v) is 7.31. The summed E-state index contributed by atoms with van der Waals surface area (Å²) in [5, 5.41) is 10.7. The number of rotatable bonds is 6. The number of halogens is 1. The first-order chi connectivity index (χ1) is 12.4. The lowest BCUT2D eigenvalue weighted by atomic mass is 10.2. The molecule has 1 unspecified atom stereocenters. The molecule has 0 aliphatic rings. The number of hydrogen-bond donors (Lipinski definition) is 1. The van der Waals surface area contributed by atoms with Crippen molar-refractivity contribution in [2.24, 2.45) is 0 Å². The molecule has 0 amide bonds. The zero-order valence-electron chi connectivity index (χ0n) is 14.8. The van der Waals surface area contributed by atoms with Crippen molar-refractivity contribution in [2.75, 3.05) is 6.26 Å². The van der Waals surface area contributed by atoms with Crippen LogP contribution in [-0.2, 0) is 11.3 Å². The van der Waals surface area contributed by atoms with Crippen LogP contribution in [0, 0.1) is 6.92 Å². The summed E-state index contributed by atoms with van der Waals surface area (Å²) in [6.07, 6.45) is 1.13. The maximum absolute atomic E-state index is 11.0. The van der Waals surface area contributed by atoms with Crippen molar-refractivity contribution in [1.82, 2.24) is 4.57 Å². The molecule has 1 aromatic heterocycles. The maximum atomic E-state index is 11.0. The van der Waals surface area contributed by atoms with Crippen molar-refractivity contribution in [2.45, 2.75) is 31.4 Å². The minimum Gasteiger partial charge on any atom is -0.479 e. The Kier molecular flexibility index (Phi) is 5.49. The van der Waals surface area contributed by atoms with Crippen LogP contribution in [-0.4, -0.2) is 28.0 Å². The van der Waals surface area contributed by atoms with Crippen molar-refractivity contribution in [3.8, 4) is 5.75 Å². The van der Waals surface area contributed by atoms with Crippen LogP contribution in [0.5, 0.6) is 5.75 Å². The molecule has 0 aliphatic carbocycles. The number of carboxylic acids is 1. The van der Waals surface area contributed by atoms with E-state index in [-0.39, 0.29) is 0 Å². The molecule has 2 aromatic carbocycles. The zero-order valence-corrected chi connectivity index (χ0v) is 16.4. The molecule has 1 N–H and O–H groups in total. The summed E-state index contributed by atoms with van der Waals surface area (Å²) >= 11 is 7.91. The average molecular weight is 390 g/mol. The van der Waals surface area contributed by atoms with Gasteiger partial charge in [-0.2, -0.15) is 0 Å². The van der Waals surface area contributed by atoms with Gasteiger partial charge in [0.15, 0.2) is 6.10 Å². The highest BCUT2D eigenvalue weighted by Crippen LogP contribution is 2.34. The largest absolute Gasteiger partial charge is 0.479 e. The van der Waals surface area contributed by atoms with Crippen molar-refractivity contribution in [1.29, 1.82) is 0 Å². The van der Waals surface area contributed by atoms with E-state index in [1.54, 1.807) is 17.8 Å². The fraction of sp³-hybridized carbons (Fsp3) is 0.250. The molecule has 136 valence electrons. The van der Waals surface area contributed by atoms with E-state index >= 15 is 0 Å². The number of carboxylic acid groups (broad SMARTS) is 1. The summed E-state index contributed by atoms with van der Waals surface area (Å²) in [5.41, 5.74) is 3.37. The molecule has 0 bridgehead atoms. The summed E-state index contributed by atoms with van der Waals surface area (Å²) in [5.74, 6) is -0.637. The lowest BCUT2D eigenvalue weighted by Crippen LogP contribution is -2.23. The third kappa shape index (κ3) is 3.55. The molecule has 0 radical (unpaired) electrons. The smallest absolute Gasteiger partial charge is 0.344 e. The lowest BCUT2D eigenvalue weighted by Gasteiger charge is -2.14. The van der Waals surface area contributed by atoms with Crippen LogP contribution in [0.2, 0.25) is 5.02 Å². The Labute approximate surface area is 161 Å². The Balaban J connectivity index is 1.98. The van der Waals surface area contributed by atoms with Gasteiger partial charge in [-0.1, -0.05) is 35.9 Å². The monoisotopic (exact) mass is 389 g/mol. The van der Waals surface area contributed by atoms with Crippen LogP contribution in [0.3, 0.4) is 0 Å². The van der Waals surface area contributed by atoms with Gasteiger partial charge in [0.25, 0.3) is 0 Å². The van der Waals surface area contributed by atoms with Crippen LogP contribution >= 0.6 is 23.4 Å². The van der Waals surface area contributed by atoms with Gasteiger partial charge in [0.2, 0.25) is 0 Å². The van der Waals surface area contributed by atoms with Crippen LogP contribution in [0.25, 0.3) is 10.9 Å². The summed E-state index contributed by atoms with van der Waals surface area (Å²) in [6.45, 7) is 4.26. The number of benzene rings is 2. The fourth-order valence-electron chi connectivity index (χ4n) is 3.02. The Bertz CT molecular complexity index is 967. The molecule has 1 heterocycles. The minimum atomic E-state index is -1.02. The molecule has 6 heteroatoms. The first kappa shape index (κ1) is 18.7. The molecular weight excluding hydrogens is 370 g/mol. The van der Waals surface area contributed by atoms with E-state index in [0.717, 1.165) is 5.56 Å². The zero-order chi connectivity index (χ0) is 18.8. The van der Waals surface area contributed by atoms with Gasteiger partial charge in [0.1, 0.15) is 5.75 Å². The lowest BCUT2D eigenvalue weighted by molar-refractivity contribution is -0.144. The van der Waals surface area contributed by atoms with Gasteiger partial charge in [-0.05, 0) is 43.9 Å². The second kappa shape index (κ2) is 7.64. The topological polar surface area (TPSA) is 51.5 Å². The SMILES string of the molecule is CSc1c(C)n(Cc2ccc(Cl)c(OC(C)C(=O)O)c2)c2ccccc12. The van der Waals surface area contributed by atoms with Gasteiger partial charge < -0.3 is 14.4 Å². The van der Waals surface area contributed by atoms with Crippen molar-refractivity contribution in [3.63, 3.8) is 0 Å². The summed E-state index contributed by atoms with van der Waals surface area (Å²) in [6, 6.07) is 13.8. The second-order valence-electron chi connectivity index (χ2n) is 6.09. The molecule has 3 rings (SSSR count). The number of para-hydroxylation sites is 1. The number of carbonyl (C=O) groups is 1. The van der Waals surface area contributed by atoms with E-state index < -0.39 is 12.1 Å². The molecular formula is C20H20ClNO3S. The van der Waals surface area contributed by atoms with Gasteiger partial charge >= 0.3 is 5.97 Å². The molecule has 0 saturated carbocycles. The molecule has 0 fully saturated rings. The van der Waals surface area contributed by atoms with Crippen LogP contribution in [0.1, 0.15) is 18.2 Å². The maximum Gasteiger partial charge on any atom is 0.344 e. The van der Waals surface area contributed by atoms with Gasteiger partial charge in [-0.25, -0.2) is 4.79 Å². The highest BCUT2D eigenvalue weighted by atomic mass is 35.5. The van der Waals surface area contributed by atoms with E-state index in [1.807, 2.05) is 24.3 Å². The van der Waals surface area contributed by atoms with Crippen LogP contribution < -0.4 is 4.74 Å². The standard InChI is InChI=1S/C20H20ClNO3S/c1-12-19(26-3)15-6-4-5-7-17(15)22(12)11-14-8-9-16(21)18(10-14)25-13(2)20(23)24/h4-10,13H,11H2,1-3H3,(H,23,24). The fourth-order valence-corrected chi connectivity index (χ4v) is 3.98. The van der Waals surface area contributed by atoms with Crippen molar-refractivity contribution < 1.29 is 14.6 Å².